The molecule has 1 aromatic carbocycles. The van der Waals surface area contributed by atoms with Crippen LogP contribution in [0.5, 0.6) is 5.75 Å². The smallest absolute Gasteiger partial charge is 0.240 e. The molecule has 1 atom stereocenters. The molecular formula is C15H21N3O2. The zero-order valence-corrected chi connectivity index (χ0v) is 12.2. The molecule has 0 saturated heterocycles. The lowest BCUT2D eigenvalue weighted by atomic mass is 10.1. The summed E-state index contributed by atoms with van der Waals surface area (Å²) in [6, 6.07) is 8.59. The molecular weight excluding hydrogens is 254 g/mol. The summed E-state index contributed by atoms with van der Waals surface area (Å²) < 4.78 is 10.2. The van der Waals surface area contributed by atoms with Gasteiger partial charge in [-0.25, -0.2) is 0 Å². The van der Waals surface area contributed by atoms with Crippen LogP contribution in [0.25, 0.3) is 0 Å². The molecule has 1 aromatic heterocycles. The minimum Gasteiger partial charge on any atom is -0.497 e. The van der Waals surface area contributed by atoms with Crippen LogP contribution in [0.4, 0.5) is 0 Å². The Balaban J connectivity index is 1.72. The SMILES string of the molecule is COc1ccc(CCC(C)NCc2nc(C)no2)cc1. The molecule has 1 heterocycles. The van der Waals surface area contributed by atoms with Crippen molar-refractivity contribution >= 4 is 0 Å². The molecule has 0 spiro atoms. The molecule has 0 bridgehead atoms. The van der Waals surface area contributed by atoms with Gasteiger partial charge in [-0.2, -0.15) is 4.98 Å². The fourth-order valence-corrected chi connectivity index (χ4v) is 1.95. The van der Waals surface area contributed by atoms with Crippen molar-refractivity contribution in [1.29, 1.82) is 0 Å². The van der Waals surface area contributed by atoms with E-state index in [-0.39, 0.29) is 0 Å². The van der Waals surface area contributed by atoms with Crippen molar-refractivity contribution in [3.05, 3.63) is 41.5 Å². The van der Waals surface area contributed by atoms with Gasteiger partial charge >= 0.3 is 0 Å². The first kappa shape index (κ1) is 14.5. The predicted octanol–water partition coefficient (Wildman–Crippen LogP) is 2.50. The lowest BCUT2D eigenvalue weighted by Crippen LogP contribution is -2.26. The van der Waals surface area contributed by atoms with Crippen LogP contribution in [0, 0.1) is 6.92 Å². The van der Waals surface area contributed by atoms with E-state index in [1.54, 1.807) is 7.11 Å². The van der Waals surface area contributed by atoms with E-state index in [2.05, 4.69) is 34.5 Å². The summed E-state index contributed by atoms with van der Waals surface area (Å²) in [6.07, 6.45) is 2.08. The van der Waals surface area contributed by atoms with E-state index < -0.39 is 0 Å². The molecule has 2 rings (SSSR count). The van der Waals surface area contributed by atoms with Crippen molar-refractivity contribution in [3.8, 4) is 5.75 Å². The van der Waals surface area contributed by atoms with Crippen molar-refractivity contribution in [3.63, 3.8) is 0 Å². The van der Waals surface area contributed by atoms with E-state index in [9.17, 15) is 0 Å². The molecule has 0 aliphatic heterocycles. The highest BCUT2D eigenvalue weighted by Gasteiger charge is 2.06. The van der Waals surface area contributed by atoms with Crippen LogP contribution >= 0.6 is 0 Å². The van der Waals surface area contributed by atoms with E-state index in [1.165, 1.54) is 5.56 Å². The summed E-state index contributed by atoms with van der Waals surface area (Å²) >= 11 is 0. The van der Waals surface area contributed by atoms with Gasteiger partial charge in [0, 0.05) is 6.04 Å². The first-order valence-corrected chi connectivity index (χ1v) is 6.83. The lowest BCUT2D eigenvalue weighted by Gasteiger charge is -2.12. The largest absolute Gasteiger partial charge is 0.497 e. The predicted molar refractivity (Wildman–Crippen MR) is 76.7 cm³/mol. The third-order valence-electron chi connectivity index (χ3n) is 3.20. The molecule has 2 aromatic rings. The maximum absolute atomic E-state index is 5.15. The van der Waals surface area contributed by atoms with E-state index in [0.29, 0.717) is 24.3 Å². The van der Waals surface area contributed by atoms with E-state index >= 15 is 0 Å². The zero-order valence-electron chi connectivity index (χ0n) is 12.2. The van der Waals surface area contributed by atoms with Crippen LogP contribution < -0.4 is 10.1 Å². The Morgan fingerprint density at radius 1 is 1.30 bits per heavy atom. The molecule has 0 saturated carbocycles. The van der Waals surface area contributed by atoms with Gasteiger partial charge in [-0.3, -0.25) is 0 Å². The summed E-state index contributed by atoms with van der Waals surface area (Å²) in [5.41, 5.74) is 1.31. The Morgan fingerprint density at radius 3 is 2.65 bits per heavy atom. The molecule has 108 valence electrons. The zero-order chi connectivity index (χ0) is 14.4. The van der Waals surface area contributed by atoms with E-state index in [0.717, 1.165) is 18.6 Å². The third-order valence-corrected chi connectivity index (χ3v) is 3.20. The van der Waals surface area contributed by atoms with Gasteiger partial charge in [0.1, 0.15) is 5.75 Å². The van der Waals surface area contributed by atoms with Crippen molar-refractivity contribution < 1.29 is 9.26 Å². The van der Waals surface area contributed by atoms with Gasteiger partial charge in [-0.05, 0) is 44.4 Å². The monoisotopic (exact) mass is 275 g/mol. The van der Waals surface area contributed by atoms with E-state index in [4.69, 9.17) is 9.26 Å². The number of aromatic nitrogens is 2. The minimum atomic E-state index is 0.393. The number of benzene rings is 1. The average Bonchev–Trinajstić information content (AvgIpc) is 2.89. The molecule has 0 amide bonds. The molecule has 0 radical (unpaired) electrons. The number of methoxy groups -OCH3 is 1. The molecule has 1 unspecified atom stereocenters. The van der Waals surface area contributed by atoms with Crippen LogP contribution in [0.2, 0.25) is 0 Å². The Hall–Kier alpha value is -1.88. The third kappa shape index (κ3) is 4.35. The number of nitrogens with zero attached hydrogens (tertiary/aromatic N) is 2. The highest BCUT2D eigenvalue weighted by molar-refractivity contribution is 5.27. The minimum absolute atomic E-state index is 0.393. The second-order valence-electron chi connectivity index (χ2n) is 4.90. The molecule has 5 heteroatoms. The van der Waals surface area contributed by atoms with Gasteiger partial charge in [0.05, 0.1) is 13.7 Å². The summed E-state index contributed by atoms with van der Waals surface area (Å²) in [7, 11) is 1.68. The number of rotatable bonds is 7. The number of ether oxygens (including phenoxy) is 1. The fraction of sp³-hybridized carbons (Fsp3) is 0.467. The number of nitrogens with one attached hydrogen (secondary N) is 1. The highest BCUT2D eigenvalue weighted by Crippen LogP contribution is 2.13. The number of hydrogen-bond donors (Lipinski definition) is 1. The van der Waals surface area contributed by atoms with Crippen molar-refractivity contribution in [2.24, 2.45) is 0 Å². The van der Waals surface area contributed by atoms with Crippen molar-refractivity contribution in [1.82, 2.24) is 15.5 Å². The highest BCUT2D eigenvalue weighted by atomic mass is 16.5. The summed E-state index contributed by atoms with van der Waals surface area (Å²) in [4.78, 5) is 4.17. The number of hydrogen-bond acceptors (Lipinski definition) is 5. The van der Waals surface area contributed by atoms with Crippen LogP contribution in [0.1, 0.15) is 30.6 Å². The van der Waals surface area contributed by atoms with Gasteiger partial charge in [0.25, 0.3) is 0 Å². The van der Waals surface area contributed by atoms with Crippen LogP contribution in [0.3, 0.4) is 0 Å². The molecule has 1 N–H and O–H groups in total. The van der Waals surface area contributed by atoms with E-state index in [1.807, 2.05) is 19.1 Å². The summed E-state index contributed by atoms with van der Waals surface area (Å²) in [6.45, 7) is 4.59. The average molecular weight is 275 g/mol. The van der Waals surface area contributed by atoms with Gasteiger partial charge in [0.2, 0.25) is 5.89 Å². The molecule has 0 aliphatic rings. The van der Waals surface area contributed by atoms with Crippen LogP contribution in [-0.2, 0) is 13.0 Å². The Labute approximate surface area is 119 Å². The maximum atomic E-state index is 5.15. The molecule has 5 nitrogen and oxygen atoms in total. The summed E-state index contributed by atoms with van der Waals surface area (Å²) in [5.74, 6) is 2.21. The van der Waals surface area contributed by atoms with Gasteiger partial charge in [-0.1, -0.05) is 17.3 Å². The quantitative estimate of drug-likeness (QED) is 0.841. The van der Waals surface area contributed by atoms with Crippen LogP contribution in [0.15, 0.2) is 28.8 Å². The standard InChI is InChI=1S/C15H21N3O2/c1-11(16-10-15-17-12(2)18-20-15)4-5-13-6-8-14(19-3)9-7-13/h6-9,11,16H,4-5,10H2,1-3H3. The molecule has 20 heavy (non-hydrogen) atoms. The lowest BCUT2D eigenvalue weighted by molar-refractivity contribution is 0.354. The Morgan fingerprint density at radius 2 is 2.05 bits per heavy atom. The normalized spacial score (nSPS) is 12.3. The number of aryl methyl sites for hydroxylation is 2. The van der Waals surface area contributed by atoms with Gasteiger partial charge in [-0.15, -0.1) is 0 Å². The van der Waals surface area contributed by atoms with Crippen molar-refractivity contribution in [2.75, 3.05) is 7.11 Å². The second-order valence-corrected chi connectivity index (χ2v) is 4.90. The first-order chi connectivity index (χ1) is 9.67. The molecule has 0 aliphatic carbocycles. The Bertz CT molecular complexity index is 522. The van der Waals surface area contributed by atoms with Crippen molar-refractivity contribution in [2.45, 2.75) is 39.3 Å². The van der Waals surface area contributed by atoms with Crippen LogP contribution in [-0.4, -0.2) is 23.3 Å². The second kappa shape index (κ2) is 7.05. The topological polar surface area (TPSA) is 60.2 Å². The molecule has 0 fully saturated rings. The summed E-state index contributed by atoms with van der Waals surface area (Å²) in [5, 5.41) is 7.15. The van der Waals surface area contributed by atoms with Gasteiger partial charge < -0.3 is 14.6 Å². The maximum Gasteiger partial charge on any atom is 0.240 e. The Kier molecular flexibility index (Phi) is 5.12. The fourth-order valence-electron chi connectivity index (χ4n) is 1.95. The van der Waals surface area contributed by atoms with Gasteiger partial charge in [0.15, 0.2) is 5.82 Å². The first-order valence-electron chi connectivity index (χ1n) is 6.83.